The number of fused-ring (bicyclic) bond motifs is 1. The van der Waals surface area contributed by atoms with Gasteiger partial charge in [-0.05, 0) is 5.92 Å². The average molecular weight is 350 g/mol. The molecule has 0 bridgehead atoms. The predicted molar refractivity (Wildman–Crippen MR) is 77.0 cm³/mol. The van der Waals surface area contributed by atoms with Crippen LogP contribution < -0.4 is 26.4 Å². The maximum absolute atomic E-state index is 11.3. The summed E-state index contributed by atoms with van der Waals surface area (Å²) in [7, 11) is 0. The van der Waals surface area contributed by atoms with E-state index in [2.05, 4.69) is 18.8 Å². The molecule has 4 nitrogen and oxygen atoms in total. The molecular formula is C16H20BrN3O. The van der Waals surface area contributed by atoms with Crippen LogP contribution in [-0.2, 0) is 12.3 Å². The Kier molecular flexibility index (Phi) is 4.64. The first-order chi connectivity index (χ1) is 9.61. The molecule has 0 saturated heterocycles. The maximum Gasteiger partial charge on any atom is 0.396 e. The number of aromatic nitrogens is 2. The molecule has 0 unspecified atom stereocenters. The second kappa shape index (κ2) is 6.12. The Hall–Kier alpha value is -1.46. The minimum absolute atomic E-state index is 0. The van der Waals surface area contributed by atoms with E-state index in [-0.39, 0.29) is 17.0 Å². The molecular weight excluding hydrogens is 330 g/mol. The van der Waals surface area contributed by atoms with Crippen LogP contribution in [0, 0.1) is 5.92 Å². The number of aliphatic hydroxyl groups is 1. The Balaban J connectivity index is 0.00000161. The highest BCUT2D eigenvalue weighted by atomic mass is 79.9. The Bertz CT molecular complexity index is 605. The standard InChI is InChI=1S/C16H20N3O.BrH/c1-13(2)11-19-15-17-9-6-10-18(15)12-16(19,20)14-7-4-3-5-8-14;/h3-10,13,20H,11-12H2,1-2H3;1H/q+1;/p-1/t16-;/m1./s1. The van der Waals surface area contributed by atoms with Gasteiger partial charge in [0.15, 0.2) is 0 Å². The Morgan fingerprint density at radius 2 is 2.00 bits per heavy atom. The van der Waals surface area contributed by atoms with Crippen molar-refractivity contribution in [1.29, 1.82) is 0 Å². The van der Waals surface area contributed by atoms with E-state index in [1.54, 1.807) is 6.20 Å². The molecule has 0 amide bonds. The zero-order valence-electron chi connectivity index (χ0n) is 12.3. The number of hydrogen-bond acceptors (Lipinski definition) is 3. The summed E-state index contributed by atoms with van der Waals surface area (Å²) in [5.41, 5.74) is -0.112. The summed E-state index contributed by atoms with van der Waals surface area (Å²) in [5, 5.41) is 11.3. The molecule has 1 aliphatic rings. The molecule has 0 aliphatic carbocycles. The lowest BCUT2D eigenvalue weighted by Gasteiger charge is -2.29. The number of rotatable bonds is 3. The number of benzene rings is 1. The van der Waals surface area contributed by atoms with Gasteiger partial charge in [-0.25, -0.2) is 9.47 Å². The van der Waals surface area contributed by atoms with Gasteiger partial charge in [0, 0.05) is 11.6 Å². The molecule has 3 rings (SSSR count). The zero-order valence-corrected chi connectivity index (χ0v) is 13.9. The van der Waals surface area contributed by atoms with Crippen molar-refractivity contribution in [3.8, 4) is 0 Å². The highest BCUT2D eigenvalue weighted by molar-refractivity contribution is 5.38. The first-order valence-corrected chi connectivity index (χ1v) is 7.01. The summed E-state index contributed by atoms with van der Waals surface area (Å²) >= 11 is 0. The van der Waals surface area contributed by atoms with E-state index >= 15 is 0 Å². The van der Waals surface area contributed by atoms with Gasteiger partial charge in [0.1, 0.15) is 12.7 Å². The molecule has 2 aromatic rings. The SMILES string of the molecule is CC(C)CN1c2nccc[n+]2C[C@@]1(O)c1ccccc1.[Br-]. The molecule has 1 N–H and O–H groups in total. The fraction of sp³-hybridized carbons (Fsp3) is 0.375. The molecule has 5 heteroatoms. The van der Waals surface area contributed by atoms with E-state index in [1.165, 1.54) is 0 Å². The fourth-order valence-corrected chi connectivity index (χ4v) is 2.78. The molecule has 2 heterocycles. The third-order valence-electron chi connectivity index (χ3n) is 3.66. The summed E-state index contributed by atoms with van der Waals surface area (Å²) < 4.78 is 2.01. The summed E-state index contributed by atoms with van der Waals surface area (Å²) in [6.07, 6.45) is 3.74. The van der Waals surface area contributed by atoms with Crippen LogP contribution in [0.15, 0.2) is 48.8 Å². The predicted octanol–water partition coefficient (Wildman–Crippen LogP) is -1.31. The number of halogens is 1. The van der Waals surface area contributed by atoms with Crippen LogP contribution in [-0.4, -0.2) is 16.6 Å². The third-order valence-corrected chi connectivity index (χ3v) is 3.66. The monoisotopic (exact) mass is 349 g/mol. The smallest absolute Gasteiger partial charge is 0.396 e. The van der Waals surface area contributed by atoms with Gasteiger partial charge >= 0.3 is 5.95 Å². The molecule has 112 valence electrons. The van der Waals surface area contributed by atoms with Gasteiger partial charge in [0.2, 0.25) is 5.72 Å². The lowest BCUT2D eigenvalue weighted by atomic mass is 10.0. The van der Waals surface area contributed by atoms with Crippen LogP contribution in [0.25, 0.3) is 0 Å². The zero-order chi connectivity index (χ0) is 14.2. The van der Waals surface area contributed by atoms with Crippen molar-refractivity contribution in [3.05, 3.63) is 54.4 Å². The van der Waals surface area contributed by atoms with Crippen LogP contribution in [0.5, 0.6) is 0 Å². The molecule has 1 aromatic carbocycles. The van der Waals surface area contributed by atoms with Crippen LogP contribution in [0.1, 0.15) is 19.4 Å². The van der Waals surface area contributed by atoms with E-state index in [0.29, 0.717) is 12.5 Å². The normalized spacial score (nSPS) is 20.3. The molecule has 1 aliphatic heterocycles. The van der Waals surface area contributed by atoms with Crippen LogP contribution in [0.3, 0.4) is 0 Å². The van der Waals surface area contributed by atoms with Crippen molar-refractivity contribution < 1.29 is 26.7 Å². The lowest BCUT2D eigenvalue weighted by Crippen LogP contribution is -3.00. The number of anilines is 1. The topological polar surface area (TPSA) is 40.2 Å². The van der Waals surface area contributed by atoms with Crippen molar-refractivity contribution in [2.24, 2.45) is 5.92 Å². The van der Waals surface area contributed by atoms with Crippen molar-refractivity contribution in [3.63, 3.8) is 0 Å². The van der Waals surface area contributed by atoms with Crippen molar-refractivity contribution in [2.45, 2.75) is 26.1 Å². The first kappa shape index (κ1) is 15.9. The highest BCUT2D eigenvalue weighted by Crippen LogP contribution is 2.34. The second-order valence-electron chi connectivity index (χ2n) is 5.73. The van der Waals surface area contributed by atoms with Gasteiger partial charge in [-0.2, -0.15) is 0 Å². The van der Waals surface area contributed by atoms with Crippen molar-refractivity contribution in [1.82, 2.24) is 4.98 Å². The van der Waals surface area contributed by atoms with E-state index in [1.807, 2.05) is 52.1 Å². The second-order valence-corrected chi connectivity index (χ2v) is 5.73. The number of nitrogens with zero attached hydrogens (tertiary/aromatic N) is 3. The Morgan fingerprint density at radius 3 is 2.67 bits per heavy atom. The van der Waals surface area contributed by atoms with Gasteiger partial charge in [-0.3, -0.25) is 0 Å². The molecule has 0 radical (unpaired) electrons. The van der Waals surface area contributed by atoms with Crippen molar-refractivity contribution >= 4 is 5.95 Å². The Labute approximate surface area is 135 Å². The molecule has 0 fully saturated rings. The van der Waals surface area contributed by atoms with E-state index in [4.69, 9.17) is 0 Å². The van der Waals surface area contributed by atoms with E-state index < -0.39 is 5.72 Å². The maximum atomic E-state index is 11.3. The van der Waals surface area contributed by atoms with Crippen LogP contribution >= 0.6 is 0 Å². The third kappa shape index (κ3) is 2.80. The molecule has 0 saturated carbocycles. The van der Waals surface area contributed by atoms with Gasteiger partial charge in [-0.1, -0.05) is 49.2 Å². The first-order valence-electron chi connectivity index (χ1n) is 7.01. The largest absolute Gasteiger partial charge is 1.00 e. The number of hydrogen-bond donors (Lipinski definition) is 1. The van der Waals surface area contributed by atoms with Crippen LogP contribution in [0.2, 0.25) is 0 Å². The highest BCUT2D eigenvalue weighted by Gasteiger charge is 2.51. The lowest BCUT2D eigenvalue weighted by molar-refractivity contribution is -0.685. The summed E-state index contributed by atoms with van der Waals surface area (Å²) in [5.74, 6) is 1.27. The molecule has 1 atom stereocenters. The van der Waals surface area contributed by atoms with Gasteiger partial charge in [0.05, 0.1) is 12.7 Å². The van der Waals surface area contributed by atoms with Crippen molar-refractivity contribution in [2.75, 3.05) is 11.4 Å². The van der Waals surface area contributed by atoms with Gasteiger partial charge in [-0.15, -0.1) is 0 Å². The minimum atomic E-state index is -1.02. The quantitative estimate of drug-likeness (QED) is 0.700. The summed E-state index contributed by atoms with van der Waals surface area (Å²) in [6.45, 7) is 5.57. The summed E-state index contributed by atoms with van der Waals surface area (Å²) in [4.78, 5) is 6.45. The van der Waals surface area contributed by atoms with Crippen LogP contribution in [0.4, 0.5) is 5.95 Å². The summed E-state index contributed by atoms with van der Waals surface area (Å²) in [6, 6.07) is 11.7. The van der Waals surface area contributed by atoms with Gasteiger partial charge in [0.25, 0.3) is 0 Å². The average Bonchev–Trinajstić information content (AvgIpc) is 2.73. The minimum Gasteiger partial charge on any atom is -1.00 e. The van der Waals surface area contributed by atoms with Gasteiger partial charge < -0.3 is 22.1 Å². The van der Waals surface area contributed by atoms with E-state index in [9.17, 15) is 5.11 Å². The van der Waals surface area contributed by atoms with E-state index in [0.717, 1.165) is 18.1 Å². The molecule has 1 aromatic heterocycles. The fourth-order valence-electron chi connectivity index (χ4n) is 2.78. The Morgan fingerprint density at radius 1 is 1.29 bits per heavy atom. The molecule has 21 heavy (non-hydrogen) atoms. The molecule has 0 spiro atoms.